The van der Waals surface area contributed by atoms with Crippen molar-refractivity contribution in [3.63, 3.8) is 0 Å². The van der Waals surface area contributed by atoms with Crippen LogP contribution in [0.2, 0.25) is 0 Å². The van der Waals surface area contributed by atoms with Crippen LogP contribution in [0, 0.1) is 6.92 Å². The van der Waals surface area contributed by atoms with Crippen LogP contribution in [-0.4, -0.2) is 54.6 Å². The molecule has 5 nitrogen and oxygen atoms in total. The van der Waals surface area contributed by atoms with E-state index >= 15 is 0 Å². The van der Waals surface area contributed by atoms with E-state index in [9.17, 15) is 0 Å². The lowest BCUT2D eigenvalue weighted by Gasteiger charge is -2.32. The van der Waals surface area contributed by atoms with Crippen LogP contribution in [0.15, 0.2) is 0 Å². The second-order valence-electron chi connectivity index (χ2n) is 5.72. The van der Waals surface area contributed by atoms with Gasteiger partial charge < -0.3 is 15.1 Å². The van der Waals surface area contributed by atoms with Gasteiger partial charge in [0.25, 0.3) is 0 Å². The summed E-state index contributed by atoms with van der Waals surface area (Å²) in [7, 11) is 4.22. The Hall–Kier alpha value is -1.36. The van der Waals surface area contributed by atoms with E-state index in [2.05, 4.69) is 68.8 Å². The minimum atomic E-state index is 0.415. The SMILES string of the molecule is CCNc1nc(CC)nc(N(CC)C(C)CN(C)C)c1C. The molecule has 0 radical (unpaired) electrons. The molecule has 1 unspecified atom stereocenters. The number of hydrogen-bond acceptors (Lipinski definition) is 5. The lowest BCUT2D eigenvalue weighted by molar-refractivity contribution is 0.372. The normalized spacial score (nSPS) is 12.6. The van der Waals surface area contributed by atoms with Crippen molar-refractivity contribution in [2.75, 3.05) is 43.9 Å². The van der Waals surface area contributed by atoms with Crippen molar-refractivity contribution in [2.24, 2.45) is 0 Å². The van der Waals surface area contributed by atoms with E-state index in [1.165, 1.54) is 0 Å². The summed E-state index contributed by atoms with van der Waals surface area (Å²) in [6.45, 7) is 13.6. The fourth-order valence-corrected chi connectivity index (χ4v) is 2.62. The number of aryl methyl sites for hydroxylation is 1. The molecule has 0 spiro atoms. The highest BCUT2D eigenvalue weighted by Gasteiger charge is 2.20. The quantitative estimate of drug-likeness (QED) is 0.798. The maximum atomic E-state index is 4.79. The Morgan fingerprint density at radius 1 is 1.14 bits per heavy atom. The standard InChI is InChI=1S/C16H31N5/c1-8-14-18-15(17-9-2)13(5)16(19-14)21(10-3)12(4)11-20(6)7/h12H,8-11H2,1-7H3,(H,17,18,19). The van der Waals surface area contributed by atoms with Crippen LogP contribution in [0.1, 0.15) is 39.1 Å². The Morgan fingerprint density at radius 2 is 1.81 bits per heavy atom. The highest BCUT2D eigenvalue weighted by Crippen LogP contribution is 2.25. The van der Waals surface area contributed by atoms with E-state index in [0.717, 1.165) is 49.1 Å². The van der Waals surface area contributed by atoms with Gasteiger partial charge in [-0.2, -0.15) is 0 Å². The van der Waals surface area contributed by atoms with Crippen molar-refractivity contribution in [1.82, 2.24) is 14.9 Å². The van der Waals surface area contributed by atoms with Gasteiger partial charge >= 0.3 is 0 Å². The molecular weight excluding hydrogens is 262 g/mol. The van der Waals surface area contributed by atoms with Crippen LogP contribution in [0.3, 0.4) is 0 Å². The summed E-state index contributed by atoms with van der Waals surface area (Å²) in [5, 5.41) is 3.36. The molecule has 1 rings (SSSR count). The Kier molecular flexibility index (Phi) is 6.89. The first-order chi connectivity index (χ1) is 9.94. The van der Waals surface area contributed by atoms with Crippen LogP contribution in [0.25, 0.3) is 0 Å². The molecule has 1 aromatic heterocycles. The van der Waals surface area contributed by atoms with Gasteiger partial charge in [0, 0.05) is 37.7 Å². The van der Waals surface area contributed by atoms with Crippen LogP contribution < -0.4 is 10.2 Å². The number of rotatable bonds is 8. The Balaban J connectivity index is 3.20. The van der Waals surface area contributed by atoms with Gasteiger partial charge in [-0.3, -0.25) is 0 Å². The van der Waals surface area contributed by atoms with E-state index in [0.29, 0.717) is 6.04 Å². The molecule has 0 bridgehead atoms. The van der Waals surface area contributed by atoms with Gasteiger partial charge in [-0.05, 0) is 41.8 Å². The zero-order valence-electron chi connectivity index (χ0n) is 14.7. The Morgan fingerprint density at radius 3 is 2.29 bits per heavy atom. The third-order valence-corrected chi connectivity index (χ3v) is 3.60. The van der Waals surface area contributed by atoms with Gasteiger partial charge in [0.15, 0.2) is 0 Å². The van der Waals surface area contributed by atoms with E-state index < -0.39 is 0 Å². The topological polar surface area (TPSA) is 44.3 Å². The monoisotopic (exact) mass is 293 g/mol. The molecule has 1 heterocycles. The van der Waals surface area contributed by atoms with Crippen LogP contribution in [0.4, 0.5) is 11.6 Å². The minimum Gasteiger partial charge on any atom is -0.370 e. The third-order valence-electron chi connectivity index (χ3n) is 3.60. The molecule has 0 saturated carbocycles. The van der Waals surface area contributed by atoms with E-state index in [4.69, 9.17) is 4.98 Å². The van der Waals surface area contributed by atoms with E-state index in [-0.39, 0.29) is 0 Å². The fourth-order valence-electron chi connectivity index (χ4n) is 2.62. The van der Waals surface area contributed by atoms with Crippen molar-refractivity contribution in [3.05, 3.63) is 11.4 Å². The summed E-state index contributed by atoms with van der Waals surface area (Å²) in [6.07, 6.45) is 0.852. The van der Waals surface area contributed by atoms with Gasteiger partial charge in [0.2, 0.25) is 0 Å². The Bertz CT molecular complexity index is 445. The molecular formula is C16H31N5. The van der Waals surface area contributed by atoms with Crippen molar-refractivity contribution in [2.45, 2.75) is 47.1 Å². The molecule has 1 N–H and O–H groups in total. The molecule has 5 heteroatoms. The highest BCUT2D eigenvalue weighted by molar-refractivity contribution is 5.59. The maximum Gasteiger partial charge on any atom is 0.137 e. The van der Waals surface area contributed by atoms with Gasteiger partial charge in [0.1, 0.15) is 17.5 Å². The Labute approximate surface area is 129 Å². The molecule has 0 aliphatic rings. The molecule has 1 aromatic rings. The van der Waals surface area contributed by atoms with E-state index in [1.807, 2.05) is 0 Å². The number of nitrogens with one attached hydrogen (secondary N) is 1. The average molecular weight is 293 g/mol. The maximum absolute atomic E-state index is 4.79. The molecule has 0 fully saturated rings. The summed E-state index contributed by atoms with van der Waals surface area (Å²) in [5.41, 5.74) is 1.14. The first kappa shape index (κ1) is 17.7. The van der Waals surface area contributed by atoms with Crippen molar-refractivity contribution in [3.8, 4) is 0 Å². The fraction of sp³-hybridized carbons (Fsp3) is 0.750. The molecule has 1 atom stereocenters. The van der Waals surface area contributed by atoms with Gasteiger partial charge in [-0.15, -0.1) is 0 Å². The molecule has 0 aliphatic carbocycles. The lowest BCUT2D eigenvalue weighted by atomic mass is 10.2. The molecule has 120 valence electrons. The number of aromatic nitrogens is 2. The molecule has 0 aliphatic heterocycles. The smallest absolute Gasteiger partial charge is 0.137 e. The van der Waals surface area contributed by atoms with Crippen molar-refractivity contribution < 1.29 is 0 Å². The van der Waals surface area contributed by atoms with Crippen molar-refractivity contribution >= 4 is 11.6 Å². The second kappa shape index (κ2) is 8.17. The number of anilines is 2. The minimum absolute atomic E-state index is 0.415. The summed E-state index contributed by atoms with van der Waals surface area (Å²) >= 11 is 0. The zero-order valence-corrected chi connectivity index (χ0v) is 14.7. The summed E-state index contributed by atoms with van der Waals surface area (Å²) in [4.78, 5) is 14.0. The van der Waals surface area contributed by atoms with Crippen LogP contribution >= 0.6 is 0 Å². The first-order valence-corrected chi connectivity index (χ1v) is 7.97. The second-order valence-corrected chi connectivity index (χ2v) is 5.72. The lowest BCUT2D eigenvalue weighted by Crippen LogP contribution is -2.41. The number of hydrogen-bond donors (Lipinski definition) is 1. The molecule has 21 heavy (non-hydrogen) atoms. The largest absolute Gasteiger partial charge is 0.370 e. The predicted molar refractivity (Wildman–Crippen MR) is 91.3 cm³/mol. The van der Waals surface area contributed by atoms with Gasteiger partial charge in [0.05, 0.1) is 0 Å². The average Bonchev–Trinajstić information content (AvgIpc) is 2.42. The molecule has 0 aromatic carbocycles. The first-order valence-electron chi connectivity index (χ1n) is 7.97. The van der Waals surface area contributed by atoms with Crippen LogP contribution in [0.5, 0.6) is 0 Å². The summed E-state index contributed by atoms with van der Waals surface area (Å²) in [6, 6.07) is 0.415. The van der Waals surface area contributed by atoms with Crippen molar-refractivity contribution in [1.29, 1.82) is 0 Å². The number of likely N-dealkylation sites (N-methyl/N-ethyl adjacent to an activating group) is 2. The highest BCUT2D eigenvalue weighted by atomic mass is 15.3. The molecule has 0 saturated heterocycles. The zero-order chi connectivity index (χ0) is 16.0. The van der Waals surface area contributed by atoms with Gasteiger partial charge in [-0.1, -0.05) is 6.92 Å². The predicted octanol–water partition coefficient (Wildman–Crippen LogP) is 2.56. The summed E-state index contributed by atoms with van der Waals surface area (Å²) < 4.78 is 0. The third kappa shape index (κ3) is 4.56. The van der Waals surface area contributed by atoms with Crippen LogP contribution in [-0.2, 0) is 6.42 Å². The van der Waals surface area contributed by atoms with E-state index in [1.54, 1.807) is 0 Å². The summed E-state index contributed by atoms with van der Waals surface area (Å²) in [5.74, 6) is 2.94. The number of nitrogens with zero attached hydrogens (tertiary/aromatic N) is 4. The van der Waals surface area contributed by atoms with Gasteiger partial charge in [-0.25, -0.2) is 9.97 Å². The molecule has 0 amide bonds.